The van der Waals surface area contributed by atoms with Gasteiger partial charge in [-0.05, 0) is 48.4 Å². The van der Waals surface area contributed by atoms with Gasteiger partial charge in [0.05, 0.1) is 23.7 Å². The molecule has 2 aromatic carbocycles. The van der Waals surface area contributed by atoms with Crippen LogP contribution in [0.15, 0.2) is 48.5 Å². The number of imidazole rings is 1. The average Bonchev–Trinajstić information content (AvgIpc) is 3.25. The van der Waals surface area contributed by atoms with E-state index in [2.05, 4.69) is 21.4 Å². The maximum atomic E-state index is 12.2. The Kier molecular flexibility index (Phi) is 3.98. The number of aromatic amines is 1. The van der Waals surface area contributed by atoms with Gasteiger partial charge in [-0.2, -0.15) is 0 Å². The fourth-order valence-electron chi connectivity index (χ4n) is 2.99. The fraction of sp³-hybridized carbons (Fsp3) is 0.200. The Morgan fingerprint density at radius 1 is 1.32 bits per heavy atom. The number of hydrogen-bond donors (Lipinski definition) is 2. The number of H-pyrrole nitrogens is 1. The zero-order valence-electron chi connectivity index (χ0n) is 14.0. The van der Waals surface area contributed by atoms with Crippen molar-refractivity contribution >= 4 is 23.0 Å². The number of ether oxygens (including phenoxy) is 1. The number of hydrogen-bond acceptors (Lipinski definition) is 3. The van der Waals surface area contributed by atoms with Crippen LogP contribution in [-0.4, -0.2) is 22.5 Å². The van der Waals surface area contributed by atoms with Gasteiger partial charge in [0.25, 0.3) is 0 Å². The smallest absolute Gasteiger partial charge is 0.244 e. The first-order chi connectivity index (χ1) is 12.2. The molecule has 0 aliphatic carbocycles. The number of carbonyl (C=O) groups is 1. The summed E-state index contributed by atoms with van der Waals surface area (Å²) in [6, 6.07) is 13.6. The molecule has 1 aliphatic heterocycles. The minimum atomic E-state index is -0.196. The van der Waals surface area contributed by atoms with E-state index in [9.17, 15) is 4.79 Å². The van der Waals surface area contributed by atoms with Crippen molar-refractivity contribution in [2.24, 2.45) is 0 Å². The van der Waals surface area contributed by atoms with Crippen molar-refractivity contribution < 1.29 is 9.53 Å². The van der Waals surface area contributed by atoms with E-state index < -0.39 is 0 Å². The van der Waals surface area contributed by atoms with E-state index in [-0.39, 0.29) is 11.9 Å². The van der Waals surface area contributed by atoms with Crippen molar-refractivity contribution in [3.63, 3.8) is 0 Å². The Morgan fingerprint density at radius 3 is 3.08 bits per heavy atom. The van der Waals surface area contributed by atoms with Crippen LogP contribution in [0, 0.1) is 0 Å². The lowest BCUT2D eigenvalue weighted by Gasteiger charge is -2.09. The molecule has 5 heteroatoms. The molecule has 1 aliphatic rings. The zero-order chi connectivity index (χ0) is 17.2. The molecular formula is C20H19N3O2. The van der Waals surface area contributed by atoms with Gasteiger partial charge in [0.2, 0.25) is 5.91 Å². The van der Waals surface area contributed by atoms with Gasteiger partial charge < -0.3 is 15.0 Å². The van der Waals surface area contributed by atoms with Crippen molar-refractivity contribution in [2.75, 3.05) is 6.61 Å². The predicted molar refractivity (Wildman–Crippen MR) is 97.3 cm³/mol. The Morgan fingerprint density at radius 2 is 2.20 bits per heavy atom. The van der Waals surface area contributed by atoms with Crippen LogP contribution in [0.2, 0.25) is 0 Å². The summed E-state index contributed by atoms with van der Waals surface area (Å²) in [6.45, 7) is 2.65. The topological polar surface area (TPSA) is 67.0 Å². The minimum absolute atomic E-state index is 0.148. The van der Waals surface area contributed by atoms with E-state index in [0.717, 1.165) is 41.2 Å². The summed E-state index contributed by atoms with van der Waals surface area (Å²) in [7, 11) is 0. The Bertz CT molecular complexity index is 925. The van der Waals surface area contributed by atoms with Gasteiger partial charge in [0.1, 0.15) is 11.6 Å². The number of benzene rings is 2. The molecule has 0 fully saturated rings. The zero-order valence-corrected chi connectivity index (χ0v) is 14.0. The molecule has 0 bridgehead atoms. The van der Waals surface area contributed by atoms with Crippen molar-refractivity contribution in [3.05, 3.63) is 65.5 Å². The molecular weight excluding hydrogens is 314 g/mol. The summed E-state index contributed by atoms with van der Waals surface area (Å²) in [5.41, 5.74) is 4.05. The molecule has 126 valence electrons. The number of aromatic nitrogens is 2. The number of nitrogens with zero attached hydrogens (tertiary/aromatic N) is 1. The Labute approximate surface area is 145 Å². The summed E-state index contributed by atoms with van der Waals surface area (Å²) < 4.78 is 5.49. The highest BCUT2D eigenvalue weighted by molar-refractivity contribution is 5.92. The second-order valence-corrected chi connectivity index (χ2v) is 6.17. The first-order valence-electron chi connectivity index (χ1n) is 8.38. The number of nitrogens with one attached hydrogen (secondary N) is 2. The number of para-hydroxylation sites is 2. The lowest BCUT2D eigenvalue weighted by Crippen LogP contribution is -2.25. The maximum absolute atomic E-state index is 12.2. The van der Waals surface area contributed by atoms with E-state index in [4.69, 9.17) is 4.74 Å². The highest BCUT2D eigenvalue weighted by Crippen LogP contribution is 2.26. The third kappa shape index (κ3) is 3.26. The lowest BCUT2D eigenvalue weighted by molar-refractivity contribution is -0.117. The molecule has 2 N–H and O–H groups in total. The van der Waals surface area contributed by atoms with Gasteiger partial charge in [0, 0.05) is 12.5 Å². The number of carbonyl (C=O) groups excluding carboxylic acids is 1. The summed E-state index contributed by atoms with van der Waals surface area (Å²) in [6.07, 6.45) is 4.29. The Hall–Kier alpha value is -3.08. The quantitative estimate of drug-likeness (QED) is 0.719. The lowest BCUT2D eigenvalue weighted by atomic mass is 10.1. The van der Waals surface area contributed by atoms with Crippen molar-refractivity contribution in [3.8, 4) is 5.75 Å². The van der Waals surface area contributed by atoms with Crippen LogP contribution in [0.5, 0.6) is 5.75 Å². The van der Waals surface area contributed by atoms with Crippen LogP contribution >= 0.6 is 0 Å². The van der Waals surface area contributed by atoms with Crippen LogP contribution in [-0.2, 0) is 11.2 Å². The van der Waals surface area contributed by atoms with Crippen molar-refractivity contribution in [2.45, 2.75) is 19.4 Å². The SMILES string of the molecule is CC(NC(=O)C=Cc1ccc2c(c1)CCO2)c1nc2ccccc2[nH]1. The van der Waals surface area contributed by atoms with Crippen LogP contribution in [0.1, 0.15) is 29.9 Å². The summed E-state index contributed by atoms with van der Waals surface area (Å²) in [5, 5.41) is 2.94. The summed E-state index contributed by atoms with van der Waals surface area (Å²) in [4.78, 5) is 19.9. The molecule has 0 saturated carbocycles. The van der Waals surface area contributed by atoms with Crippen molar-refractivity contribution in [1.82, 2.24) is 15.3 Å². The van der Waals surface area contributed by atoms with Gasteiger partial charge in [-0.15, -0.1) is 0 Å². The molecule has 3 aromatic rings. The monoisotopic (exact) mass is 333 g/mol. The maximum Gasteiger partial charge on any atom is 0.244 e. The third-order valence-corrected chi connectivity index (χ3v) is 4.32. The first kappa shape index (κ1) is 15.4. The fourth-order valence-corrected chi connectivity index (χ4v) is 2.99. The molecule has 0 saturated heterocycles. The van der Waals surface area contributed by atoms with Gasteiger partial charge in [-0.3, -0.25) is 4.79 Å². The highest BCUT2D eigenvalue weighted by atomic mass is 16.5. The molecule has 1 amide bonds. The van der Waals surface area contributed by atoms with Crippen LogP contribution in [0.3, 0.4) is 0 Å². The molecule has 0 spiro atoms. The van der Waals surface area contributed by atoms with Gasteiger partial charge in [0.15, 0.2) is 0 Å². The van der Waals surface area contributed by atoms with Crippen molar-refractivity contribution in [1.29, 1.82) is 0 Å². The van der Waals surface area contributed by atoms with Crippen LogP contribution < -0.4 is 10.1 Å². The van der Waals surface area contributed by atoms with E-state index >= 15 is 0 Å². The average molecular weight is 333 g/mol. The third-order valence-electron chi connectivity index (χ3n) is 4.32. The normalized spacial score (nSPS) is 14.4. The largest absolute Gasteiger partial charge is 0.493 e. The van der Waals surface area contributed by atoms with E-state index in [0.29, 0.717) is 0 Å². The number of rotatable bonds is 4. The van der Waals surface area contributed by atoms with Crippen LogP contribution in [0.25, 0.3) is 17.1 Å². The molecule has 25 heavy (non-hydrogen) atoms. The highest BCUT2D eigenvalue weighted by Gasteiger charge is 2.13. The molecule has 5 nitrogen and oxygen atoms in total. The molecule has 1 unspecified atom stereocenters. The van der Waals surface area contributed by atoms with E-state index in [1.54, 1.807) is 6.08 Å². The van der Waals surface area contributed by atoms with Gasteiger partial charge in [-0.1, -0.05) is 18.2 Å². The summed E-state index contributed by atoms with van der Waals surface area (Å²) >= 11 is 0. The molecule has 1 aromatic heterocycles. The van der Waals surface area contributed by atoms with E-state index in [1.165, 1.54) is 5.56 Å². The first-order valence-corrected chi connectivity index (χ1v) is 8.38. The Balaban J connectivity index is 1.42. The minimum Gasteiger partial charge on any atom is -0.493 e. The number of fused-ring (bicyclic) bond motifs is 2. The van der Waals surface area contributed by atoms with Crippen LogP contribution in [0.4, 0.5) is 0 Å². The van der Waals surface area contributed by atoms with Gasteiger partial charge >= 0.3 is 0 Å². The van der Waals surface area contributed by atoms with Gasteiger partial charge in [-0.25, -0.2) is 4.98 Å². The molecule has 4 rings (SSSR count). The second kappa shape index (κ2) is 6.43. The predicted octanol–water partition coefficient (Wildman–Crippen LogP) is 3.39. The molecule has 1 atom stereocenters. The standard InChI is InChI=1S/C20H19N3O2/c1-13(20-22-16-4-2-3-5-17(16)23-20)21-19(24)9-7-14-6-8-18-15(12-14)10-11-25-18/h2-9,12-13H,10-11H2,1H3,(H,21,24)(H,22,23). The number of amides is 1. The van der Waals surface area contributed by atoms with E-state index in [1.807, 2.05) is 49.4 Å². The molecule has 2 heterocycles. The second-order valence-electron chi connectivity index (χ2n) is 6.17. The molecule has 0 radical (unpaired) electrons. The summed E-state index contributed by atoms with van der Waals surface area (Å²) in [5.74, 6) is 1.54.